The number of hydrogen-bond donors (Lipinski definition) is 0. The van der Waals surface area contributed by atoms with Crippen LogP contribution in [0.15, 0.2) is 77.2 Å². The standard InChI is InChI=1S/C23H12F4O/c24-18-5-3-4-16(14-18)22-20(19-6-1-2-7-21(19)28-22)13-10-15-8-11-17(12-9-15)23(25,26)27/h1-9,11-12,14H. The molecule has 4 aromatic rings. The van der Waals surface area contributed by atoms with Gasteiger partial charge in [0.05, 0.1) is 11.1 Å². The average Bonchev–Trinajstić information content (AvgIpc) is 3.05. The molecule has 3 aromatic carbocycles. The Morgan fingerprint density at radius 1 is 0.786 bits per heavy atom. The summed E-state index contributed by atoms with van der Waals surface area (Å²) in [5, 5.41) is 0.751. The van der Waals surface area contributed by atoms with Crippen LogP contribution >= 0.6 is 0 Å². The van der Waals surface area contributed by atoms with Crippen LogP contribution in [0.5, 0.6) is 0 Å². The number of fused-ring (bicyclic) bond motifs is 1. The normalized spacial score (nSPS) is 11.3. The topological polar surface area (TPSA) is 13.1 Å². The predicted molar refractivity (Wildman–Crippen MR) is 99.0 cm³/mol. The van der Waals surface area contributed by atoms with Crippen molar-refractivity contribution in [3.05, 3.63) is 95.3 Å². The number of hydrogen-bond acceptors (Lipinski definition) is 1. The van der Waals surface area contributed by atoms with Crippen molar-refractivity contribution in [3.63, 3.8) is 0 Å². The van der Waals surface area contributed by atoms with E-state index in [4.69, 9.17) is 4.42 Å². The van der Waals surface area contributed by atoms with E-state index in [0.29, 0.717) is 28.0 Å². The van der Waals surface area contributed by atoms with Gasteiger partial charge in [-0.25, -0.2) is 4.39 Å². The summed E-state index contributed by atoms with van der Waals surface area (Å²) in [5.74, 6) is 5.87. The highest BCUT2D eigenvalue weighted by Crippen LogP contribution is 2.33. The third-order valence-electron chi connectivity index (χ3n) is 4.23. The van der Waals surface area contributed by atoms with Crippen molar-refractivity contribution in [2.24, 2.45) is 0 Å². The van der Waals surface area contributed by atoms with Crippen LogP contribution in [0.25, 0.3) is 22.3 Å². The molecule has 0 fully saturated rings. The van der Waals surface area contributed by atoms with Gasteiger partial charge in [0.2, 0.25) is 0 Å². The first-order valence-electron chi connectivity index (χ1n) is 8.38. The van der Waals surface area contributed by atoms with E-state index >= 15 is 0 Å². The Labute approximate surface area is 158 Å². The highest BCUT2D eigenvalue weighted by Gasteiger charge is 2.29. The summed E-state index contributed by atoms with van der Waals surface area (Å²) >= 11 is 0. The molecule has 1 nitrogen and oxygen atoms in total. The zero-order valence-corrected chi connectivity index (χ0v) is 14.3. The molecule has 4 rings (SSSR count). The Morgan fingerprint density at radius 3 is 2.25 bits per heavy atom. The Kier molecular flexibility index (Phi) is 4.40. The molecule has 0 N–H and O–H groups in total. The number of furan rings is 1. The first kappa shape index (κ1) is 17.9. The van der Waals surface area contributed by atoms with Crippen LogP contribution in [0.4, 0.5) is 17.6 Å². The van der Waals surface area contributed by atoms with Gasteiger partial charge in [0, 0.05) is 16.5 Å². The number of para-hydroxylation sites is 1. The molecule has 5 heteroatoms. The van der Waals surface area contributed by atoms with E-state index in [1.165, 1.54) is 24.3 Å². The van der Waals surface area contributed by atoms with Crippen LogP contribution < -0.4 is 0 Å². The fraction of sp³-hybridized carbons (Fsp3) is 0.0435. The van der Waals surface area contributed by atoms with Gasteiger partial charge in [-0.1, -0.05) is 36.1 Å². The number of alkyl halides is 3. The zero-order valence-electron chi connectivity index (χ0n) is 14.3. The second-order valence-corrected chi connectivity index (χ2v) is 6.14. The van der Waals surface area contributed by atoms with Crippen molar-refractivity contribution in [1.82, 2.24) is 0 Å². The first-order chi connectivity index (χ1) is 13.4. The largest absolute Gasteiger partial charge is 0.455 e. The molecule has 0 amide bonds. The lowest BCUT2D eigenvalue weighted by molar-refractivity contribution is -0.137. The van der Waals surface area contributed by atoms with Crippen molar-refractivity contribution in [2.45, 2.75) is 6.18 Å². The molecule has 0 aliphatic rings. The van der Waals surface area contributed by atoms with Crippen LogP contribution in [0, 0.1) is 17.7 Å². The van der Waals surface area contributed by atoms with Crippen LogP contribution in [0.2, 0.25) is 0 Å². The summed E-state index contributed by atoms with van der Waals surface area (Å²) < 4.78 is 57.6. The molecule has 1 heterocycles. The average molecular weight is 380 g/mol. The summed E-state index contributed by atoms with van der Waals surface area (Å²) in [7, 11) is 0. The van der Waals surface area contributed by atoms with Gasteiger partial charge in [-0.2, -0.15) is 13.2 Å². The van der Waals surface area contributed by atoms with E-state index in [0.717, 1.165) is 17.5 Å². The molecule has 0 bridgehead atoms. The number of halogens is 4. The van der Waals surface area contributed by atoms with E-state index in [9.17, 15) is 17.6 Å². The third-order valence-corrected chi connectivity index (χ3v) is 4.23. The van der Waals surface area contributed by atoms with E-state index in [1.807, 2.05) is 18.2 Å². The highest BCUT2D eigenvalue weighted by atomic mass is 19.4. The van der Waals surface area contributed by atoms with E-state index in [-0.39, 0.29) is 0 Å². The van der Waals surface area contributed by atoms with E-state index < -0.39 is 17.6 Å². The molecule has 0 atom stereocenters. The summed E-state index contributed by atoms with van der Waals surface area (Å²) in [6.45, 7) is 0. The van der Waals surface area contributed by atoms with Crippen molar-refractivity contribution < 1.29 is 22.0 Å². The van der Waals surface area contributed by atoms with Gasteiger partial charge in [-0.05, 0) is 48.5 Å². The lowest BCUT2D eigenvalue weighted by atomic mass is 10.0. The smallest absolute Gasteiger partial charge is 0.416 e. The van der Waals surface area contributed by atoms with Crippen molar-refractivity contribution in [1.29, 1.82) is 0 Å². The molecule has 0 radical (unpaired) electrons. The van der Waals surface area contributed by atoms with Gasteiger partial charge in [0.1, 0.15) is 11.4 Å². The fourth-order valence-electron chi connectivity index (χ4n) is 2.88. The van der Waals surface area contributed by atoms with Gasteiger partial charge in [0.15, 0.2) is 5.76 Å². The van der Waals surface area contributed by atoms with Crippen molar-refractivity contribution in [2.75, 3.05) is 0 Å². The van der Waals surface area contributed by atoms with Gasteiger partial charge >= 0.3 is 6.18 Å². The highest BCUT2D eigenvalue weighted by molar-refractivity contribution is 5.91. The number of rotatable bonds is 1. The molecule has 0 spiro atoms. The minimum absolute atomic E-state index is 0.403. The fourth-order valence-corrected chi connectivity index (χ4v) is 2.88. The maximum absolute atomic E-state index is 13.7. The molecule has 0 aliphatic carbocycles. The van der Waals surface area contributed by atoms with Crippen LogP contribution in [0.1, 0.15) is 16.7 Å². The zero-order chi connectivity index (χ0) is 19.7. The Hall–Kier alpha value is -3.52. The monoisotopic (exact) mass is 380 g/mol. The van der Waals surface area contributed by atoms with Gasteiger partial charge in [0.25, 0.3) is 0 Å². The van der Waals surface area contributed by atoms with Gasteiger partial charge in [-0.3, -0.25) is 0 Å². The summed E-state index contributed by atoms with van der Waals surface area (Å²) in [4.78, 5) is 0. The summed E-state index contributed by atoms with van der Waals surface area (Å²) in [5.41, 5.74) is 1.39. The van der Waals surface area contributed by atoms with Crippen molar-refractivity contribution in [3.8, 4) is 23.2 Å². The molecular formula is C23H12F4O. The minimum Gasteiger partial charge on any atom is -0.455 e. The molecule has 28 heavy (non-hydrogen) atoms. The maximum Gasteiger partial charge on any atom is 0.416 e. The van der Waals surface area contributed by atoms with Crippen LogP contribution in [0.3, 0.4) is 0 Å². The molecule has 138 valence electrons. The lowest BCUT2D eigenvalue weighted by Crippen LogP contribution is -2.04. The van der Waals surface area contributed by atoms with E-state index in [1.54, 1.807) is 18.2 Å². The maximum atomic E-state index is 13.7. The molecule has 0 unspecified atom stereocenters. The molecule has 1 aromatic heterocycles. The third kappa shape index (κ3) is 3.49. The second-order valence-electron chi connectivity index (χ2n) is 6.14. The number of benzene rings is 3. The van der Waals surface area contributed by atoms with Crippen LogP contribution in [-0.2, 0) is 6.18 Å². The first-order valence-corrected chi connectivity index (χ1v) is 8.38. The van der Waals surface area contributed by atoms with Gasteiger partial charge in [-0.15, -0.1) is 0 Å². The minimum atomic E-state index is -4.39. The lowest BCUT2D eigenvalue weighted by Gasteiger charge is -2.05. The Balaban J connectivity index is 1.81. The molecular weight excluding hydrogens is 368 g/mol. The van der Waals surface area contributed by atoms with Crippen molar-refractivity contribution >= 4 is 11.0 Å². The van der Waals surface area contributed by atoms with Crippen LogP contribution in [-0.4, -0.2) is 0 Å². The summed E-state index contributed by atoms with van der Waals surface area (Å²) in [6, 6.07) is 17.8. The SMILES string of the molecule is Fc1cccc(-c2oc3ccccc3c2C#Cc2ccc(C(F)(F)F)cc2)c1. The summed E-state index contributed by atoms with van der Waals surface area (Å²) in [6.07, 6.45) is -4.39. The predicted octanol–water partition coefficient (Wildman–Crippen LogP) is 6.66. The Bertz CT molecular complexity index is 1210. The van der Waals surface area contributed by atoms with E-state index in [2.05, 4.69) is 11.8 Å². The van der Waals surface area contributed by atoms with Gasteiger partial charge < -0.3 is 4.42 Å². The quantitative estimate of drug-likeness (QED) is 0.266. The molecule has 0 saturated heterocycles. The molecule has 0 aliphatic heterocycles. The Morgan fingerprint density at radius 2 is 1.54 bits per heavy atom. The molecule has 0 saturated carbocycles. The second kappa shape index (κ2) is 6.90.